The molecule has 71 heavy (non-hydrogen) atoms. The zero-order valence-corrected chi connectivity index (χ0v) is 71.7. The van der Waals surface area contributed by atoms with Crippen LogP contribution in [0.1, 0.15) is 122 Å². The first-order valence-electron chi connectivity index (χ1n) is 30.5. The van der Waals surface area contributed by atoms with Gasteiger partial charge in [-0.15, -0.1) is 0 Å². The molecule has 0 unspecified atom stereocenters. The molecule has 0 atom stereocenters. The van der Waals surface area contributed by atoms with E-state index in [0.717, 1.165) is 70.3 Å². The number of fused-ring (bicyclic) bond motifs is 2. The van der Waals surface area contributed by atoms with Crippen molar-refractivity contribution in [3.63, 3.8) is 0 Å². The molecule has 2 saturated heterocycles. The van der Waals surface area contributed by atoms with Crippen molar-refractivity contribution < 1.29 is 0 Å². The van der Waals surface area contributed by atoms with E-state index in [2.05, 4.69) is 240 Å². The Balaban J connectivity index is 4.24. The largest absolute Gasteiger partial charge is 0.150 e. The highest BCUT2D eigenvalue weighted by molar-refractivity contribution is 7.97. The minimum Gasteiger partial charge on any atom is -0.0698 e. The lowest BCUT2D eigenvalue weighted by molar-refractivity contribution is 0.450. The molecule has 0 aliphatic carbocycles. The number of rotatable bonds is 25. The Bertz CT molecular complexity index is 1540. The molecule has 2 bridgehead atoms. The molecule has 0 spiro atoms. The average Bonchev–Trinajstić information content (AvgIpc) is 3.08. The van der Waals surface area contributed by atoms with Gasteiger partial charge in [-0.05, 0) is 8.13 Å². The smallest absolute Gasteiger partial charge is 0.0698 e. The third-order valence-corrected chi connectivity index (χ3v) is 194. The Morgan fingerprint density at radius 1 is 0.324 bits per heavy atom. The second kappa shape index (κ2) is 24.9. The Labute approximate surface area is 471 Å². The molecule has 5 radical (unpaired) electrons. The van der Waals surface area contributed by atoms with Gasteiger partial charge in [0.25, 0.3) is 0 Å². The lowest BCUT2D eigenvalue weighted by Gasteiger charge is -2.65. The summed E-state index contributed by atoms with van der Waals surface area (Å²) in [5.41, 5.74) is 5.57. The minimum atomic E-state index is -2.11. The molecule has 2 fully saturated rings. The van der Waals surface area contributed by atoms with Gasteiger partial charge in [0, 0.05) is 111 Å². The standard InChI is InChI=1S/C54H132BSi16/c1-43(2)57(51(62(13,14)15)63(16,17)18)70(47(9)10,58(44(3)4)52(64(19,20)21)65(22,23)24)56-61(55-49-39-37-40-50(55)42-38-41-49)71(48(11)12,59(45(5)6)53(66(25,26)27)67(28,29)30)60(46(7)8)54(68(31,32)33)69(34,35)36/h43-54H,37-42H2,1-36H3. The fourth-order valence-corrected chi connectivity index (χ4v) is 333. The molecule has 2 heterocycles. The summed E-state index contributed by atoms with van der Waals surface area (Å²) in [6.07, 6.45) is 10.7. The van der Waals surface area contributed by atoms with Crippen molar-refractivity contribution in [1.29, 1.82) is 0 Å². The van der Waals surface area contributed by atoms with Crippen LogP contribution >= 0.6 is 0 Å². The SMILES string of the molecule is CC(C)[Si](C([Si](C)(C)C)[Si](C)(C)C)[Si]([Si]=[Si](B1C2CCCC1CCC2)[Si](C(C)C)([Si](C(C)C)C([Si](C)(C)C)[Si](C)(C)C)[Si](C(C)C)C([Si](C)(C)C)[Si](C)(C)C)(C(C)C)[Si](C(C)C)C([Si](C)(C)C)[Si](C)(C)C. The molecule has 415 valence electrons. The quantitative estimate of drug-likeness (QED) is 0.0799. The van der Waals surface area contributed by atoms with Crippen LogP contribution in [0.4, 0.5) is 0 Å². The first kappa shape index (κ1) is 70.6. The zero-order valence-electron chi connectivity index (χ0n) is 55.7. The van der Waals surface area contributed by atoms with Gasteiger partial charge in [0.05, 0.1) is 0 Å². The van der Waals surface area contributed by atoms with Crippen LogP contribution in [0.25, 0.3) is 0 Å². The van der Waals surface area contributed by atoms with Gasteiger partial charge < -0.3 is 0 Å². The third-order valence-electron chi connectivity index (χ3n) is 18.6. The van der Waals surface area contributed by atoms with Gasteiger partial charge in [0.15, 0.2) is 0 Å². The Morgan fingerprint density at radius 2 is 0.535 bits per heavy atom. The van der Waals surface area contributed by atoms with Crippen LogP contribution < -0.4 is 0 Å². The van der Waals surface area contributed by atoms with Crippen LogP contribution in [-0.2, 0) is 0 Å². The summed E-state index contributed by atoms with van der Waals surface area (Å²) in [5.74, 6) is 2.13. The number of hydrogen-bond donors (Lipinski definition) is 0. The maximum atomic E-state index is 3.11. The topological polar surface area (TPSA) is 0 Å². The summed E-state index contributed by atoms with van der Waals surface area (Å²) >= 11 is 0. The van der Waals surface area contributed by atoms with E-state index in [9.17, 15) is 0 Å². The van der Waals surface area contributed by atoms with E-state index in [4.69, 9.17) is 0 Å². The van der Waals surface area contributed by atoms with E-state index in [1.54, 1.807) is 38.5 Å². The normalized spacial score (nSPS) is 19.9. The highest BCUT2D eigenvalue weighted by Gasteiger charge is 2.69. The van der Waals surface area contributed by atoms with Crippen molar-refractivity contribution in [2.75, 3.05) is 0 Å². The van der Waals surface area contributed by atoms with Crippen molar-refractivity contribution >= 4 is 133 Å². The van der Waals surface area contributed by atoms with Crippen molar-refractivity contribution in [1.82, 2.24) is 0 Å². The van der Waals surface area contributed by atoms with E-state index in [-0.39, 0.29) is 0 Å². The van der Waals surface area contributed by atoms with Crippen molar-refractivity contribution in [2.24, 2.45) is 0 Å². The highest BCUT2D eigenvalue weighted by Crippen LogP contribution is 2.57. The van der Waals surface area contributed by atoms with Gasteiger partial charge in [-0.25, -0.2) is 0 Å². The molecule has 0 aromatic rings. The van der Waals surface area contributed by atoms with E-state index < -0.39 is 118 Å². The Hall–Kier alpha value is 3.54. The van der Waals surface area contributed by atoms with E-state index in [1.165, 1.54) is 8.13 Å². The van der Waals surface area contributed by atoms with Crippen LogP contribution in [0.15, 0.2) is 0 Å². The highest BCUT2D eigenvalue weighted by atomic mass is 30.0. The molecule has 2 rings (SSSR count). The second-order valence-electron chi connectivity index (χ2n) is 35.5. The van der Waals surface area contributed by atoms with Gasteiger partial charge in [-0.3, -0.25) is 0 Å². The van der Waals surface area contributed by atoms with Crippen LogP contribution in [-0.4, -0.2) is 133 Å². The predicted molar refractivity (Wildman–Crippen MR) is 379 cm³/mol. The zero-order chi connectivity index (χ0) is 56.3. The van der Waals surface area contributed by atoms with E-state index in [1.807, 2.05) is 0 Å². The fourth-order valence-electron chi connectivity index (χ4n) is 19.4. The first-order chi connectivity index (χ1) is 31.3. The molecular weight excluding hydrogens is 1110 g/mol. The summed E-state index contributed by atoms with van der Waals surface area (Å²) in [7, 11) is -14.9. The predicted octanol–water partition coefficient (Wildman–Crippen LogP) is 20.1. The lowest BCUT2D eigenvalue weighted by atomic mass is 9.42. The molecule has 17 heteroatoms. The monoisotopic (exact) mass is 1240 g/mol. The molecule has 0 aromatic carbocycles. The van der Waals surface area contributed by atoms with Gasteiger partial charge in [-0.1, -0.05) is 350 Å². The third kappa shape index (κ3) is 15.8. The Morgan fingerprint density at radius 3 is 0.704 bits per heavy atom. The molecule has 0 amide bonds. The summed E-state index contributed by atoms with van der Waals surface area (Å²) in [6.45, 7) is 103. The number of hydrogen-bond acceptors (Lipinski definition) is 0. The summed E-state index contributed by atoms with van der Waals surface area (Å²) < 4.78 is 0. The van der Waals surface area contributed by atoms with Crippen molar-refractivity contribution in [3.8, 4) is 0 Å². The van der Waals surface area contributed by atoms with Crippen LogP contribution in [0.2, 0.25) is 221 Å². The average molecular weight is 1240 g/mol. The molecule has 0 N–H and O–H groups in total. The Kier molecular flexibility index (Phi) is 24.8. The minimum absolute atomic E-state index is 0.733. The van der Waals surface area contributed by atoms with Crippen LogP contribution in [0.5, 0.6) is 0 Å². The summed E-state index contributed by atoms with van der Waals surface area (Å²) in [5, 5.41) is 0. The van der Waals surface area contributed by atoms with E-state index >= 15 is 0 Å². The van der Waals surface area contributed by atoms with Crippen LogP contribution in [0.3, 0.4) is 0 Å². The lowest BCUT2D eigenvalue weighted by Crippen LogP contribution is -2.86. The molecule has 0 nitrogen and oxygen atoms in total. The van der Waals surface area contributed by atoms with Gasteiger partial charge >= 0.3 is 0 Å². The second-order valence-corrected chi connectivity index (χ2v) is 141. The maximum Gasteiger partial charge on any atom is 0.150 e. The molecule has 2 aliphatic heterocycles. The maximum absolute atomic E-state index is 3.11. The molecular formula is C54H132BSi16. The van der Waals surface area contributed by atoms with Gasteiger partial charge in [0.2, 0.25) is 0 Å². The van der Waals surface area contributed by atoms with Gasteiger partial charge in [-0.2, -0.15) is 0 Å². The fraction of sp³-hybridized carbons (Fsp3) is 1.00. The molecule has 2 aliphatic rings. The van der Waals surface area contributed by atoms with Crippen molar-refractivity contribution in [3.05, 3.63) is 0 Å². The first-order valence-corrected chi connectivity index (χ1v) is 79.4. The van der Waals surface area contributed by atoms with Crippen LogP contribution in [0, 0.1) is 0 Å². The summed E-state index contributed by atoms with van der Waals surface area (Å²) in [4.78, 5) is 4.48. The molecule has 0 saturated carbocycles. The van der Waals surface area contributed by atoms with Gasteiger partial charge in [0.1, 0.15) is 6.31 Å². The van der Waals surface area contributed by atoms with Crippen molar-refractivity contribution in [2.45, 2.75) is 343 Å². The molecule has 0 aromatic heterocycles. The summed E-state index contributed by atoms with van der Waals surface area (Å²) in [6, 6.07) is 0. The van der Waals surface area contributed by atoms with E-state index in [0.29, 0.717) is 0 Å².